The number of amides is 1. The third kappa shape index (κ3) is 3.49. The Balaban J connectivity index is 2.19. The maximum atomic E-state index is 12.2. The SMILES string of the molecule is CNc1sc(S(=O)(=O)NC2CCC(=O)NC2)cc1[N+](=O)[O-]. The fourth-order valence-corrected chi connectivity index (χ4v) is 4.49. The first-order chi connectivity index (χ1) is 9.83. The normalized spacial score (nSPS) is 19.1. The molecule has 2 heterocycles. The van der Waals surface area contributed by atoms with Crippen molar-refractivity contribution >= 4 is 38.0 Å². The van der Waals surface area contributed by atoms with Crippen LogP contribution in [0.25, 0.3) is 0 Å². The van der Waals surface area contributed by atoms with Crippen LogP contribution in [-0.2, 0) is 14.8 Å². The van der Waals surface area contributed by atoms with Gasteiger partial charge in [-0.2, -0.15) is 0 Å². The second kappa shape index (κ2) is 5.95. The Bertz CT molecular complexity index is 659. The summed E-state index contributed by atoms with van der Waals surface area (Å²) in [5, 5.41) is 16.2. The van der Waals surface area contributed by atoms with Crippen molar-refractivity contribution in [3.8, 4) is 0 Å². The van der Waals surface area contributed by atoms with Crippen molar-refractivity contribution in [1.29, 1.82) is 0 Å². The van der Waals surface area contributed by atoms with Gasteiger partial charge in [0.05, 0.1) is 4.92 Å². The highest BCUT2D eigenvalue weighted by Crippen LogP contribution is 2.36. The number of nitrogens with one attached hydrogen (secondary N) is 3. The van der Waals surface area contributed by atoms with E-state index in [2.05, 4.69) is 15.4 Å². The molecule has 0 radical (unpaired) electrons. The second-order valence-electron chi connectivity index (χ2n) is 4.45. The number of thiophene rings is 1. The van der Waals surface area contributed by atoms with Crippen LogP contribution >= 0.6 is 11.3 Å². The quantitative estimate of drug-likeness (QED) is 0.523. The molecule has 1 aliphatic heterocycles. The van der Waals surface area contributed by atoms with Crippen LogP contribution in [0.2, 0.25) is 0 Å². The number of nitrogens with zero attached hydrogens (tertiary/aromatic N) is 1. The Kier molecular flexibility index (Phi) is 4.44. The summed E-state index contributed by atoms with van der Waals surface area (Å²) in [6.07, 6.45) is 0.650. The number of piperidine rings is 1. The fourth-order valence-electron chi connectivity index (χ4n) is 1.92. The van der Waals surface area contributed by atoms with E-state index in [0.29, 0.717) is 6.42 Å². The average molecular weight is 334 g/mol. The van der Waals surface area contributed by atoms with Gasteiger partial charge in [-0.3, -0.25) is 14.9 Å². The molecule has 1 aromatic heterocycles. The van der Waals surface area contributed by atoms with Crippen molar-refractivity contribution in [3.63, 3.8) is 0 Å². The first-order valence-electron chi connectivity index (χ1n) is 6.08. The summed E-state index contributed by atoms with van der Waals surface area (Å²) in [5.74, 6) is -0.116. The van der Waals surface area contributed by atoms with Crippen molar-refractivity contribution < 1.29 is 18.1 Å². The molecule has 0 bridgehead atoms. The second-order valence-corrected chi connectivity index (χ2v) is 7.44. The van der Waals surface area contributed by atoms with Crippen LogP contribution in [0.15, 0.2) is 10.3 Å². The van der Waals surface area contributed by atoms with Gasteiger partial charge in [0, 0.05) is 32.1 Å². The lowest BCUT2D eigenvalue weighted by Crippen LogP contribution is -2.47. The molecule has 1 aliphatic rings. The van der Waals surface area contributed by atoms with Crippen molar-refractivity contribution in [3.05, 3.63) is 16.2 Å². The molecule has 0 aliphatic carbocycles. The highest BCUT2D eigenvalue weighted by Gasteiger charge is 2.29. The number of nitro groups is 1. The third-order valence-electron chi connectivity index (χ3n) is 2.97. The molecule has 1 amide bonds. The summed E-state index contributed by atoms with van der Waals surface area (Å²) in [5.41, 5.74) is -0.278. The summed E-state index contributed by atoms with van der Waals surface area (Å²) in [6.45, 7) is 0.213. The van der Waals surface area contributed by atoms with E-state index in [9.17, 15) is 23.3 Å². The lowest BCUT2D eigenvalue weighted by atomic mass is 10.1. The number of carbonyl (C=O) groups is 1. The van der Waals surface area contributed by atoms with E-state index in [-0.39, 0.29) is 33.8 Å². The van der Waals surface area contributed by atoms with Crippen molar-refractivity contribution in [2.24, 2.45) is 0 Å². The van der Waals surface area contributed by atoms with Crippen molar-refractivity contribution in [1.82, 2.24) is 10.0 Å². The monoisotopic (exact) mass is 334 g/mol. The molecule has 1 unspecified atom stereocenters. The zero-order valence-electron chi connectivity index (χ0n) is 11.1. The lowest BCUT2D eigenvalue weighted by molar-refractivity contribution is -0.383. The predicted octanol–water partition coefficient (Wildman–Crippen LogP) is 0.255. The van der Waals surface area contributed by atoms with Crippen LogP contribution < -0.4 is 15.4 Å². The minimum absolute atomic E-state index is 0.116. The topological polar surface area (TPSA) is 130 Å². The zero-order valence-corrected chi connectivity index (χ0v) is 12.7. The molecule has 1 atom stereocenters. The van der Waals surface area contributed by atoms with Gasteiger partial charge in [-0.25, -0.2) is 13.1 Å². The molecule has 1 aromatic rings. The molecule has 9 nitrogen and oxygen atoms in total. The van der Waals surface area contributed by atoms with Crippen LogP contribution in [0.5, 0.6) is 0 Å². The van der Waals surface area contributed by atoms with Crippen molar-refractivity contribution in [2.45, 2.75) is 23.1 Å². The molecular formula is C10H14N4O5S2. The van der Waals surface area contributed by atoms with Gasteiger partial charge in [0.1, 0.15) is 4.21 Å². The lowest BCUT2D eigenvalue weighted by Gasteiger charge is -2.22. The number of anilines is 1. The van der Waals surface area contributed by atoms with Crippen LogP contribution in [0.1, 0.15) is 12.8 Å². The van der Waals surface area contributed by atoms with Crippen LogP contribution in [0.3, 0.4) is 0 Å². The maximum absolute atomic E-state index is 12.2. The number of sulfonamides is 1. The summed E-state index contributed by atoms with van der Waals surface area (Å²) in [6, 6.07) is 0.618. The van der Waals surface area contributed by atoms with E-state index in [1.54, 1.807) is 0 Å². The first-order valence-corrected chi connectivity index (χ1v) is 8.38. The summed E-state index contributed by atoms with van der Waals surface area (Å²) in [7, 11) is -2.36. The molecule has 1 fully saturated rings. The minimum Gasteiger partial charge on any atom is -0.374 e. The smallest absolute Gasteiger partial charge is 0.304 e. The Labute approximate surface area is 124 Å². The third-order valence-corrected chi connectivity index (χ3v) is 6.10. The number of rotatable bonds is 5. The Morgan fingerprint density at radius 1 is 1.52 bits per heavy atom. The van der Waals surface area contributed by atoms with Gasteiger partial charge >= 0.3 is 5.69 Å². The molecular weight excluding hydrogens is 320 g/mol. The standard InChI is InChI=1S/C10H14N4O5S2/c1-11-10-7(14(16)17)4-9(20-10)21(18,19)13-6-2-3-8(15)12-5-6/h4,6,11,13H,2-3,5H2,1H3,(H,12,15). The van der Waals surface area contributed by atoms with E-state index in [4.69, 9.17) is 0 Å². The Hall–Kier alpha value is -1.72. The van der Waals surface area contributed by atoms with Gasteiger partial charge in [0.2, 0.25) is 5.91 Å². The van der Waals surface area contributed by atoms with Gasteiger partial charge in [-0.05, 0) is 6.42 Å². The van der Waals surface area contributed by atoms with E-state index in [0.717, 1.165) is 17.4 Å². The van der Waals surface area contributed by atoms with Crippen LogP contribution in [0.4, 0.5) is 10.7 Å². The number of hydrogen-bond donors (Lipinski definition) is 3. The molecule has 116 valence electrons. The average Bonchev–Trinajstić information content (AvgIpc) is 2.86. The molecule has 0 saturated carbocycles. The highest BCUT2D eigenvalue weighted by molar-refractivity contribution is 7.91. The van der Waals surface area contributed by atoms with Crippen molar-refractivity contribution in [2.75, 3.05) is 18.9 Å². The molecule has 0 aromatic carbocycles. The Morgan fingerprint density at radius 2 is 2.24 bits per heavy atom. The number of hydrogen-bond acceptors (Lipinski definition) is 7. The summed E-state index contributed by atoms with van der Waals surface area (Å²) in [4.78, 5) is 21.3. The Morgan fingerprint density at radius 3 is 2.71 bits per heavy atom. The molecule has 21 heavy (non-hydrogen) atoms. The van der Waals surface area contributed by atoms with E-state index in [1.165, 1.54) is 7.05 Å². The summed E-state index contributed by atoms with van der Waals surface area (Å²) < 4.78 is 26.8. The molecule has 1 saturated heterocycles. The van der Waals surface area contributed by atoms with Gasteiger partial charge < -0.3 is 10.6 Å². The molecule has 11 heteroatoms. The van der Waals surface area contributed by atoms with Crippen LogP contribution in [0, 0.1) is 10.1 Å². The highest BCUT2D eigenvalue weighted by atomic mass is 32.2. The predicted molar refractivity (Wildman–Crippen MR) is 76.9 cm³/mol. The van der Waals surface area contributed by atoms with Gasteiger partial charge in [0.15, 0.2) is 5.00 Å². The minimum atomic E-state index is -3.85. The maximum Gasteiger partial charge on any atom is 0.304 e. The zero-order chi connectivity index (χ0) is 15.6. The van der Waals surface area contributed by atoms with E-state index < -0.39 is 21.0 Å². The van der Waals surface area contributed by atoms with Gasteiger partial charge in [-0.15, -0.1) is 0 Å². The number of carbonyl (C=O) groups excluding carboxylic acids is 1. The van der Waals surface area contributed by atoms with E-state index in [1.807, 2.05) is 0 Å². The van der Waals surface area contributed by atoms with E-state index >= 15 is 0 Å². The fraction of sp³-hybridized carbons (Fsp3) is 0.500. The molecule has 0 spiro atoms. The molecule has 2 rings (SSSR count). The van der Waals surface area contributed by atoms with Gasteiger partial charge in [0.25, 0.3) is 10.0 Å². The summed E-state index contributed by atoms with van der Waals surface area (Å²) >= 11 is 0.793. The first kappa shape index (κ1) is 15.7. The molecule has 3 N–H and O–H groups in total. The largest absolute Gasteiger partial charge is 0.374 e. The van der Waals surface area contributed by atoms with Crippen LogP contribution in [-0.4, -0.2) is 38.9 Å². The van der Waals surface area contributed by atoms with Gasteiger partial charge in [-0.1, -0.05) is 11.3 Å².